The number of fused-ring (bicyclic) bond motifs is 2. The average molecular weight is 418 g/mol. The van der Waals surface area contributed by atoms with Crippen molar-refractivity contribution in [2.24, 2.45) is 0 Å². The van der Waals surface area contributed by atoms with E-state index >= 15 is 0 Å². The second-order valence-corrected chi connectivity index (χ2v) is 8.09. The van der Waals surface area contributed by atoms with Gasteiger partial charge >= 0.3 is 29.6 Å². The molecule has 1 aromatic carbocycles. The van der Waals surface area contributed by atoms with Gasteiger partial charge in [0.15, 0.2) is 5.13 Å². The van der Waals surface area contributed by atoms with Crippen LogP contribution >= 0.6 is 11.3 Å². The van der Waals surface area contributed by atoms with Gasteiger partial charge in [-0.15, -0.1) is 5.52 Å². The minimum atomic E-state index is -0.241. The molecule has 0 aliphatic carbocycles. The molecule has 0 unspecified atom stereocenters. The molecule has 1 aliphatic heterocycles. The van der Waals surface area contributed by atoms with Gasteiger partial charge in [-0.3, -0.25) is 9.59 Å². The number of nitrogens with zero attached hydrogens (tertiary/aromatic N) is 6. The largest absolute Gasteiger partial charge is 1.00 e. The molecule has 0 amide bonds. The van der Waals surface area contributed by atoms with Gasteiger partial charge in [0.25, 0.3) is 5.56 Å². The fourth-order valence-electron chi connectivity index (χ4n) is 3.74. The Morgan fingerprint density at radius 3 is 2.55 bits per heavy atom. The quantitative estimate of drug-likeness (QED) is 0.348. The van der Waals surface area contributed by atoms with E-state index in [1.165, 1.54) is 22.1 Å². The summed E-state index contributed by atoms with van der Waals surface area (Å²) in [6.07, 6.45) is 0. The summed E-state index contributed by atoms with van der Waals surface area (Å²) in [7, 11) is 2.06. The maximum atomic E-state index is 13.1. The molecular formula is C19H19N6NaO2S. The standard InChI is InChI=1S/C19H20N6O2S.Na/c1-12-17-14(11-16(26)25(12)23-9-7-22(2)8-10-23)21-24(18(17)27)19-20-13-5-3-4-6-15(13)28-19;/h3-6,11H,7-10H2,1-2H3,(H,21,26);/q;+1/p-1. The van der Waals surface area contributed by atoms with Gasteiger partial charge in [0, 0.05) is 31.6 Å². The van der Waals surface area contributed by atoms with Crippen LogP contribution in [0.3, 0.4) is 0 Å². The third-order valence-electron chi connectivity index (χ3n) is 5.24. The summed E-state index contributed by atoms with van der Waals surface area (Å²) in [6.45, 7) is 5.04. The van der Waals surface area contributed by atoms with Crippen molar-refractivity contribution >= 4 is 32.5 Å². The molecule has 3 aromatic heterocycles. The van der Waals surface area contributed by atoms with E-state index in [9.17, 15) is 9.59 Å². The molecule has 5 rings (SSSR count). The molecule has 0 radical (unpaired) electrons. The Kier molecular flexibility index (Phi) is 5.43. The number of para-hydroxylation sites is 1. The number of pyridine rings is 1. The van der Waals surface area contributed by atoms with Gasteiger partial charge < -0.3 is 19.7 Å². The van der Waals surface area contributed by atoms with Crippen molar-refractivity contribution < 1.29 is 29.6 Å². The molecule has 4 aromatic rings. The number of hydrogen-bond donors (Lipinski definition) is 0. The van der Waals surface area contributed by atoms with Crippen LogP contribution in [0.15, 0.2) is 39.9 Å². The third-order valence-corrected chi connectivity index (χ3v) is 6.26. The molecule has 0 spiro atoms. The summed E-state index contributed by atoms with van der Waals surface area (Å²) < 4.78 is 3.93. The fourth-order valence-corrected chi connectivity index (χ4v) is 4.65. The first-order valence-electron chi connectivity index (χ1n) is 9.15. The van der Waals surface area contributed by atoms with Gasteiger partial charge in [0.1, 0.15) is 0 Å². The van der Waals surface area contributed by atoms with E-state index in [4.69, 9.17) is 0 Å². The van der Waals surface area contributed by atoms with Gasteiger partial charge in [-0.05, 0) is 32.2 Å². The van der Waals surface area contributed by atoms with Crippen LogP contribution in [0.2, 0.25) is 0 Å². The molecule has 1 aliphatic rings. The van der Waals surface area contributed by atoms with E-state index in [-0.39, 0.29) is 40.7 Å². The molecule has 1 saturated heterocycles. The number of thiazole rings is 1. The van der Waals surface area contributed by atoms with E-state index in [1.807, 2.05) is 36.2 Å². The Hall–Kier alpha value is -1.91. The topological polar surface area (TPSA) is 77.5 Å². The average Bonchev–Trinajstić information content (AvgIpc) is 3.24. The number of aromatic nitrogens is 4. The molecule has 0 saturated carbocycles. The van der Waals surface area contributed by atoms with E-state index < -0.39 is 0 Å². The second-order valence-electron chi connectivity index (χ2n) is 7.08. The van der Waals surface area contributed by atoms with Crippen LogP contribution in [0.5, 0.6) is 0 Å². The van der Waals surface area contributed by atoms with Crippen molar-refractivity contribution in [1.29, 1.82) is 0 Å². The minimum Gasteiger partial charge on any atom is -0.585 e. The monoisotopic (exact) mass is 418 g/mol. The van der Waals surface area contributed by atoms with Crippen LogP contribution in [0.4, 0.5) is 0 Å². The molecule has 10 heteroatoms. The predicted octanol–water partition coefficient (Wildman–Crippen LogP) is -2.08. The van der Waals surface area contributed by atoms with Crippen molar-refractivity contribution in [3.8, 4) is 5.13 Å². The van der Waals surface area contributed by atoms with Crippen molar-refractivity contribution in [2.75, 3.05) is 38.2 Å². The van der Waals surface area contributed by atoms with E-state index in [1.54, 1.807) is 4.68 Å². The molecule has 0 bridgehead atoms. The number of piperazine rings is 1. The normalized spacial score (nSPS) is 15.2. The Morgan fingerprint density at radius 1 is 1.10 bits per heavy atom. The number of rotatable bonds is 2. The number of benzene rings is 1. The maximum Gasteiger partial charge on any atom is 1.00 e. The summed E-state index contributed by atoms with van der Waals surface area (Å²) in [6, 6.07) is 9.18. The first-order valence-corrected chi connectivity index (χ1v) is 9.97. The SMILES string of the molecule is Cc1c2c(=O)n(-c3nc4ccccc4s3)[n-]c2cc(=O)n1N1CCN(C)CC1.[Na+]. The van der Waals surface area contributed by atoms with E-state index in [2.05, 4.69) is 22.0 Å². The zero-order valence-corrected chi connectivity index (χ0v) is 19.4. The summed E-state index contributed by atoms with van der Waals surface area (Å²) in [5.41, 5.74) is 1.47. The Balaban J connectivity index is 0.00000205. The van der Waals surface area contributed by atoms with Crippen LogP contribution in [0.25, 0.3) is 26.3 Å². The first-order chi connectivity index (χ1) is 13.5. The van der Waals surface area contributed by atoms with Crippen molar-refractivity contribution in [1.82, 2.24) is 24.3 Å². The van der Waals surface area contributed by atoms with Crippen LogP contribution < -0.4 is 50.8 Å². The van der Waals surface area contributed by atoms with Crippen LogP contribution in [0.1, 0.15) is 5.69 Å². The van der Waals surface area contributed by atoms with Crippen molar-refractivity contribution in [2.45, 2.75) is 6.92 Å². The molecule has 0 N–H and O–H groups in total. The summed E-state index contributed by atoms with van der Waals surface area (Å²) in [5.74, 6) is 0. The fraction of sp³-hybridized carbons (Fsp3) is 0.316. The summed E-state index contributed by atoms with van der Waals surface area (Å²) in [4.78, 5) is 32.7. The zero-order chi connectivity index (χ0) is 19.4. The van der Waals surface area contributed by atoms with E-state index in [0.29, 0.717) is 21.7 Å². The molecule has 0 atom stereocenters. The Morgan fingerprint density at radius 2 is 1.83 bits per heavy atom. The van der Waals surface area contributed by atoms with E-state index in [0.717, 1.165) is 36.4 Å². The Labute approximate surface area is 192 Å². The summed E-state index contributed by atoms with van der Waals surface area (Å²) in [5, 5.41) is 7.40. The summed E-state index contributed by atoms with van der Waals surface area (Å²) >= 11 is 1.41. The Bertz CT molecular complexity index is 1280. The number of likely N-dealkylation sites (N-methyl/N-ethyl adjacent to an activating group) is 1. The van der Waals surface area contributed by atoms with Gasteiger partial charge in [0.2, 0.25) is 5.56 Å². The first kappa shape index (κ1) is 20.4. The maximum absolute atomic E-state index is 13.1. The van der Waals surface area contributed by atoms with Crippen molar-refractivity contribution in [3.63, 3.8) is 0 Å². The van der Waals surface area contributed by atoms with Crippen LogP contribution in [-0.4, -0.2) is 52.5 Å². The molecule has 144 valence electrons. The van der Waals surface area contributed by atoms with Crippen molar-refractivity contribution in [3.05, 3.63) is 56.7 Å². The second kappa shape index (κ2) is 7.73. The van der Waals surface area contributed by atoms with Gasteiger partial charge in [-0.1, -0.05) is 23.5 Å². The molecule has 4 heterocycles. The molecule has 1 fully saturated rings. The minimum absolute atomic E-state index is 0. The predicted molar refractivity (Wildman–Crippen MR) is 110 cm³/mol. The molecule has 29 heavy (non-hydrogen) atoms. The number of aryl methyl sites for hydroxylation is 1. The van der Waals surface area contributed by atoms with Crippen LogP contribution in [0, 0.1) is 6.92 Å². The number of hydrogen-bond acceptors (Lipinski definition) is 6. The van der Waals surface area contributed by atoms with Gasteiger partial charge in [-0.25, -0.2) is 9.66 Å². The molecule has 8 nitrogen and oxygen atoms in total. The molecular weight excluding hydrogens is 399 g/mol. The smallest absolute Gasteiger partial charge is 0.585 e. The zero-order valence-electron chi connectivity index (χ0n) is 16.6. The third kappa shape index (κ3) is 3.36. The van der Waals surface area contributed by atoms with Gasteiger partial charge in [-0.2, -0.15) is 0 Å². The van der Waals surface area contributed by atoms with Gasteiger partial charge in [0.05, 0.1) is 15.9 Å². The van der Waals surface area contributed by atoms with Crippen LogP contribution in [-0.2, 0) is 0 Å².